The van der Waals surface area contributed by atoms with Crippen molar-refractivity contribution in [2.24, 2.45) is 0 Å². The van der Waals surface area contributed by atoms with Crippen LogP contribution in [-0.2, 0) is 35.2 Å². The highest BCUT2D eigenvalue weighted by molar-refractivity contribution is 6.30. The van der Waals surface area contributed by atoms with Crippen molar-refractivity contribution in [3.05, 3.63) is 51.8 Å². The summed E-state index contributed by atoms with van der Waals surface area (Å²) in [7, 11) is 0. The monoisotopic (exact) mass is 540 g/mol. The van der Waals surface area contributed by atoms with Gasteiger partial charge in [0.1, 0.15) is 11.4 Å². The largest absolute Gasteiger partial charge is 0.449 e. The topological polar surface area (TPSA) is 76.5 Å². The van der Waals surface area contributed by atoms with Crippen molar-refractivity contribution >= 4 is 23.6 Å². The molecule has 1 unspecified atom stereocenters. The molecule has 1 aliphatic heterocycles. The Morgan fingerprint density at radius 1 is 1.11 bits per heavy atom. The first-order valence-electron chi connectivity index (χ1n) is 10.8. The van der Waals surface area contributed by atoms with Gasteiger partial charge in [-0.3, -0.25) is 4.79 Å². The minimum absolute atomic E-state index is 0.00751. The molecule has 0 fully saturated rings. The maximum absolute atomic E-state index is 14.2. The number of alkyl halides is 3. The lowest BCUT2D eigenvalue weighted by molar-refractivity contribution is -0.148. The highest BCUT2D eigenvalue weighted by Crippen LogP contribution is 2.34. The lowest BCUT2D eigenvalue weighted by atomic mass is 10.0. The van der Waals surface area contributed by atoms with E-state index >= 15 is 0 Å². The van der Waals surface area contributed by atoms with E-state index < -0.39 is 71.1 Å². The van der Waals surface area contributed by atoms with Crippen molar-refractivity contribution in [3.63, 3.8) is 0 Å². The van der Waals surface area contributed by atoms with Crippen molar-refractivity contribution in [2.75, 3.05) is 6.54 Å². The van der Waals surface area contributed by atoms with E-state index in [1.165, 1.54) is 4.90 Å². The van der Waals surface area contributed by atoms with Crippen molar-refractivity contribution in [2.45, 2.75) is 64.5 Å². The number of benzene rings is 1. The minimum atomic E-state index is -4.73. The predicted molar refractivity (Wildman–Crippen MR) is 115 cm³/mol. The molecule has 1 N–H and O–H groups in total. The van der Waals surface area contributed by atoms with Crippen LogP contribution in [-0.4, -0.2) is 44.6 Å². The Kier molecular flexibility index (Phi) is 7.82. The van der Waals surface area contributed by atoms with Gasteiger partial charge in [0, 0.05) is 31.6 Å². The predicted octanol–water partition coefficient (Wildman–Crippen LogP) is 4.84. The molecule has 2 aromatic rings. The summed E-state index contributed by atoms with van der Waals surface area (Å²) >= 11 is 5.88. The first kappa shape index (κ1) is 27.6. The summed E-state index contributed by atoms with van der Waals surface area (Å²) in [5.41, 5.74) is -1.20. The summed E-state index contributed by atoms with van der Waals surface area (Å²) in [6.07, 6.45) is -6.49. The molecule has 1 atom stereocenters. The summed E-state index contributed by atoms with van der Waals surface area (Å²) in [6.45, 7) is 4.17. The van der Waals surface area contributed by atoms with Gasteiger partial charge in [-0.2, -0.15) is 13.2 Å². The Balaban J connectivity index is 1.79. The van der Waals surface area contributed by atoms with Gasteiger partial charge < -0.3 is 19.5 Å². The lowest BCUT2D eigenvalue weighted by Gasteiger charge is -2.31. The number of aromatic nitrogens is 2. The zero-order valence-electron chi connectivity index (χ0n) is 19.5. The summed E-state index contributed by atoms with van der Waals surface area (Å²) < 4.78 is 86.9. The highest BCUT2D eigenvalue weighted by Gasteiger charge is 2.40. The number of halogens is 7. The molecule has 0 saturated heterocycles. The van der Waals surface area contributed by atoms with Crippen LogP contribution in [0, 0.1) is 17.5 Å². The Morgan fingerprint density at radius 3 is 2.36 bits per heavy atom. The van der Waals surface area contributed by atoms with E-state index in [9.17, 15) is 35.9 Å². The van der Waals surface area contributed by atoms with Gasteiger partial charge in [0.05, 0.1) is 12.2 Å². The number of hydrogen-bond acceptors (Lipinski definition) is 4. The number of nitrogens with one attached hydrogen (secondary N) is 1. The second kappa shape index (κ2) is 10.2. The lowest BCUT2D eigenvalue weighted by Crippen LogP contribution is -2.45. The van der Waals surface area contributed by atoms with Gasteiger partial charge in [-0.1, -0.05) is 11.6 Å². The Bertz CT molecular complexity index is 1160. The number of nitrogens with zero attached hydrogens (tertiary/aromatic N) is 3. The molecule has 7 nitrogen and oxygen atoms in total. The second-order valence-corrected chi connectivity index (χ2v) is 9.60. The standard InChI is InChI=1S/C22H23ClF6N4O3/c1-21(2,3)36-20(35)30-12(6-11-7-14(25)15(26)9-13(11)24)8-17(34)32-4-5-33-16(10-32)18(23)31-19(33)22(27,28)29/h7,9,12H,4-6,8,10H2,1-3H3,(H,30,35). The first-order valence-corrected chi connectivity index (χ1v) is 11.2. The van der Waals surface area contributed by atoms with Crippen molar-refractivity contribution < 1.29 is 40.7 Å². The summed E-state index contributed by atoms with van der Waals surface area (Å²) in [5.74, 6) is -5.56. The van der Waals surface area contributed by atoms with E-state index in [1.807, 2.05) is 0 Å². The van der Waals surface area contributed by atoms with Crippen molar-refractivity contribution in [3.8, 4) is 0 Å². The van der Waals surface area contributed by atoms with Gasteiger partial charge in [0.2, 0.25) is 11.7 Å². The van der Waals surface area contributed by atoms with E-state index in [2.05, 4.69) is 10.3 Å². The molecule has 0 bridgehead atoms. The van der Waals surface area contributed by atoms with Gasteiger partial charge >= 0.3 is 12.3 Å². The fourth-order valence-corrected chi connectivity index (χ4v) is 3.97. The normalized spacial score (nSPS) is 14.9. The maximum Gasteiger partial charge on any atom is 0.449 e. The molecule has 36 heavy (non-hydrogen) atoms. The molecule has 0 aliphatic carbocycles. The minimum Gasteiger partial charge on any atom is -0.444 e. The van der Waals surface area contributed by atoms with E-state index in [0.717, 1.165) is 4.57 Å². The number of amides is 2. The molecule has 0 spiro atoms. The molecule has 0 saturated carbocycles. The fraction of sp³-hybridized carbons (Fsp3) is 0.500. The number of alkyl carbamates (subject to hydrolysis) is 1. The molecule has 2 amide bonds. The van der Waals surface area contributed by atoms with Gasteiger partial charge in [-0.05, 0) is 38.8 Å². The molecular formula is C22H23ClF6N4O3. The molecule has 0 radical (unpaired) electrons. The quantitative estimate of drug-likeness (QED) is 0.435. The van der Waals surface area contributed by atoms with Crippen LogP contribution in [0.3, 0.4) is 0 Å². The van der Waals surface area contributed by atoms with Crippen LogP contribution in [0.1, 0.15) is 44.3 Å². The van der Waals surface area contributed by atoms with Crippen molar-refractivity contribution in [1.29, 1.82) is 0 Å². The van der Waals surface area contributed by atoms with Crippen LogP contribution in [0.25, 0.3) is 0 Å². The molecule has 3 rings (SSSR count). The number of rotatable bonds is 5. The molecular weight excluding hydrogens is 518 g/mol. The van der Waals surface area contributed by atoms with Crippen LogP contribution in [0.15, 0.2) is 12.1 Å². The number of ether oxygens (including phenoxy) is 1. The second-order valence-electron chi connectivity index (χ2n) is 9.25. The van der Waals surface area contributed by atoms with Gasteiger partial charge in [0.15, 0.2) is 16.8 Å². The fourth-order valence-electron chi connectivity index (χ4n) is 3.73. The van der Waals surface area contributed by atoms with Crippen molar-refractivity contribution in [1.82, 2.24) is 19.8 Å². The number of fused-ring (bicyclic) bond motifs is 1. The van der Waals surface area contributed by atoms with E-state index in [0.29, 0.717) is 12.1 Å². The number of imidazole rings is 1. The Labute approximate surface area is 207 Å². The molecule has 198 valence electrons. The zero-order chi connectivity index (χ0) is 27.0. The average Bonchev–Trinajstić information content (AvgIpc) is 3.07. The average molecular weight is 541 g/mol. The molecule has 1 aliphatic rings. The van der Waals surface area contributed by atoms with E-state index in [1.54, 1.807) is 20.8 Å². The van der Waals surface area contributed by atoms with Crippen LogP contribution < -0.4 is 5.32 Å². The summed E-state index contributed by atoms with van der Waals surface area (Å²) in [6, 6.07) is -0.139. The van der Waals surface area contributed by atoms with Gasteiger partial charge in [-0.25, -0.2) is 22.9 Å². The molecule has 1 aromatic carbocycles. The smallest absolute Gasteiger partial charge is 0.444 e. The number of carbonyl (C=O) groups is 2. The SMILES string of the molecule is CC(C)(C)OC(=O)NC(CC(=O)N1CCn2c(C(F)(F)F)nc(Cl)c2C1)Cc1cc(F)c(F)cc1F. The van der Waals surface area contributed by atoms with Crippen LogP contribution in [0.4, 0.5) is 31.1 Å². The third kappa shape index (κ3) is 6.62. The third-order valence-electron chi connectivity index (χ3n) is 5.26. The zero-order valence-corrected chi connectivity index (χ0v) is 20.2. The third-order valence-corrected chi connectivity index (χ3v) is 5.56. The molecule has 14 heteroatoms. The molecule has 2 heterocycles. The Hall–Kier alpha value is -2.96. The first-order chi connectivity index (χ1) is 16.5. The van der Waals surface area contributed by atoms with E-state index in [4.69, 9.17) is 16.3 Å². The summed E-state index contributed by atoms with van der Waals surface area (Å²) in [5, 5.41) is 2.03. The maximum atomic E-state index is 14.2. The van der Waals surface area contributed by atoms with Gasteiger partial charge in [-0.15, -0.1) is 0 Å². The number of hydrogen-bond donors (Lipinski definition) is 1. The van der Waals surface area contributed by atoms with Gasteiger partial charge in [0.25, 0.3) is 0 Å². The van der Waals surface area contributed by atoms with Crippen LogP contribution >= 0.6 is 11.6 Å². The van der Waals surface area contributed by atoms with Crippen LogP contribution in [0.2, 0.25) is 5.15 Å². The van der Waals surface area contributed by atoms with E-state index in [-0.39, 0.29) is 30.9 Å². The molecule has 1 aromatic heterocycles. The number of carbonyl (C=O) groups excluding carboxylic acids is 2. The summed E-state index contributed by atoms with van der Waals surface area (Å²) in [4.78, 5) is 29.9. The van der Waals surface area contributed by atoms with Crippen LogP contribution in [0.5, 0.6) is 0 Å². The Morgan fingerprint density at radius 2 is 1.75 bits per heavy atom. The highest BCUT2D eigenvalue weighted by atomic mass is 35.5.